The third kappa shape index (κ3) is 3.44. The molecule has 2 rings (SSSR count). The fourth-order valence-corrected chi connectivity index (χ4v) is 3.36. The highest BCUT2D eigenvalue weighted by molar-refractivity contribution is 5.70. The quantitative estimate of drug-likeness (QED) is 0.803. The third-order valence-corrected chi connectivity index (χ3v) is 4.53. The number of piperidine rings is 1. The van der Waals surface area contributed by atoms with E-state index in [1.54, 1.807) is 4.90 Å². The van der Waals surface area contributed by atoms with Crippen LogP contribution in [0.4, 0.5) is 4.79 Å². The summed E-state index contributed by atoms with van der Waals surface area (Å²) in [5.74, 6) is -0.862. The Labute approximate surface area is 120 Å². The topological polar surface area (TPSA) is 66.8 Å². The summed E-state index contributed by atoms with van der Waals surface area (Å²) in [5.41, 5.74) is -0.324. The first kappa shape index (κ1) is 15.1. The molecular weight excluding hydrogens is 258 g/mol. The van der Waals surface area contributed by atoms with Gasteiger partial charge in [-0.3, -0.25) is 4.79 Å². The number of rotatable bonds is 1. The van der Waals surface area contributed by atoms with Crippen LogP contribution in [-0.4, -0.2) is 40.8 Å². The first-order valence-electron chi connectivity index (χ1n) is 7.42. The molecule has 1 unspecified atom stereocenters. The van der Waals surface area contributed by atoms with E-state index in [4.69, 9.17) is 9.84 Å². The van der Waals surface area contributed by atoms with E-state index in [0.29, 0.717) is 13.1 Å². The number of ether oxygens (including phenoxy) is 1. The molecular formula is C15H25NO4. The van der Waals surface area contributed by atoms with E-state index in [0.717, 1.165) is 32.1 Å². The highest BCUT2D eigenvalue weighted by atomic mass is 16.6. The van der Waals surface area contributed by atoms with Crippen LogP contribution >= 0.6 is 0 Å². The summed E-state index contributed by atoms with van der Waals surface area (Å²) >= 11 is 0. The summed E-state index contributed by atoms with van der Waals surface area (Å²) in [6, 6.07) is 0. The second-order valence-electron chi connectivity index (χ2n) is 7.25. The Kier molecular flexibility index (Phi) is 3.98. The lowest BCUT2D eigenvalue weighted by Crippen LogP contribution is -2.44. The van der Waals surface area contributed by atoms with E-state index in [-0.39, 0.29) is 17.4 Å². The Morgan fingerprint density at radius 1 is 1.20 bits per heavy atom. The lowest BCUT2D eigenvalue weighted by atomic mass is 9.76. The molecule has 1 saturated heterocycles. The maximum Gasteiger partial charge on any atom is 0.410 e. The molecule has 20 heavy (non-hydrogen) atoms. The molecule has 0 radical (unpaired) electrons. The van der Waals surface area contributed by atoms with Crippen molar-refractivity contribution in [2.24, 2.45) is 11.3 Å². The SMILES string of the molecule is CC(C)(C)OC(=O)N1CCC2(CCC(C(=O)O)C2)CC1. The molecule has 1 atom stereocenters. The number of hydrogen-bond acceptors (Lipinski definition) is 3. The standard InChI is InChI=1S/C15H25NO4/c1-14(2,3)20-13(19)16-8-6-15(7-9-16)5-4-11(10-15)12(17)18/h11H,4-10H2,1-3H3,(H,17,18). The van der Waals surface area contributed by atoms with E-state index < -0.39 is 11.6 Å². The molecule has 1 amide bonds. The van der Waals surface area contributed by atoms with Gasteiger partial charge in [-0.05, 0) is 58.3 Å². The number of carboxylic acid groups (broad SMARTS) is 1. The van der Waals surface area contributed by atoms with Crippen molar-refractivity contribution in [1.82, 2.24) is 4.90 Å². The summed E-state index contributed by atoms with van der Waals surface area (Å²) in [6.07, 6.45) is 4.07. The fourth-order valence-electron chi connectivity index (χ4n) is 3.36. The zero-order valence-electron chi connectivity index (χ0n) is 12.6. The molecule has 1 saturated carbocycles. The highest BCUT2D eigenvalue weighted by Gasteiger charge is 2.44. The van der Waals surface area contributed by atoms with Gasteiger partial charge in [0.1, 0.15) is 5.60 Å². The predicted molar refractivity (Wildman–Crippen MR) is 74.5 cm³/mol. The first-order chi connectivity index (χ1) is 9.21. The van der Waals surface area contributed by atoms with Crippen LogP contribution in [0, 0.1) is 11.3 Å². The predicted octanol–water partition coefficient (Wildman–Crippen LogP) is 2.89. The van der Waals surface area contributed by atoms with Gasteiger partial charge in [0.2, 0.25) is 0 Å². The number of carboxylic acids is 1. The molecule has 2 aliphatic rings. The Bertz CT molecular complexity index is 391. The van der Waals surface area contributed by atoms with E-state index in [1.807, 2.05) is 20.8 Å². The number of likely N-dealkylation sites (tertiary alicyclic amines) is 1. The normalized spacial score (nSPS) is 25.8. The minimum Gasteiger partial charge on any atom is -0.481 e. The van der Waals surface area contributed by atoms with Gasteiger partial charge >= 0.3 is 12.1 Å². The number of hydrogen-bond donors (Lipinski definition) is 1. The molecule has 2 fully saturated rings. The molecule has 0 bridgehead atoms. The largest absolute Gasteiger partial charge is 0.481 e. The van der Waals surface area contributed by atoms with E-state index in [2.05, 4.69) is 0 Å². The van der Waals surface area contributed by atoms with Crippen LogP contribution in [-0.2, 0) is 9.53 Å². The highest BCUT2D eigenvalue weighted by Crippen LogP contribution is 2.49. The van der Waals surface area contributed by atoms with Gasteiger partial charge in [0.15, 0.2) is 0 Å². The van der Waals surface area contributed by atoms with Gasteiger partial charge in [0.05, 0.1) is 5.92 Å². The summed E-state index contributed by atoms with van der Waals surface area (Å²) < 4.78 is 5.38. The van der Waals surface area contributed by atoms with E-state index in [9.17, 15) is 9.59 Å². The smallest absolute Gasteiger partial charge is 0.410 e. The molecule has 5 heteroatoms. The molecule has 1 spiro atoms. The van der Waals surface area contributed by atoms with E-state index in [1.165, 1.54) is 0 Å². The third-order valence-electron chi connectivity index (χ3n) is 4.53. The molecule has 5 nitrogen and oxygen atoms in total. The van der Waals surface area contributed by atoms with Crippen molar-refractivity contribution in [2.75, 3.05) is 13.1 Å². The molecule has 0 aromatic carbocycles. The van der Waals surface area contributed by atoms with Gasteiger partial charge in [0.25, 0.3) is 0 Å². The second-order valence-corrected chi connectivity index (χ2v) is 7.25. The van der Waals surface area contributed by atoms with Crippen molar-refractivity contribution in [3.05, 3.63) is 0 Å². The number of amides is 1. The summed E-state index contributed by atoms with van der Waals surface area (Å²) in [6.45, 7) is 6.96. The average molecular weight is 283 g/mol. The first-order valence-corrected chi connectivity index (χ1v) is 7.42. The Morgan fingerprint density at radius 3 is 2.25 bits per heavy atom. The monoisotopic (exact) mass is 283 g/mol. The van der Waals surface area contributed by atoms with E-state index >= 15 is 0 Å². The molecule has 1 N–H and O–H groups in total. The molecule has 1 aliphatic heterocycles. The lowest BCUT2D eigenvalue weighted by molar-refractivity contribution is -0.141. The van der Waals surface area contributed by atoms with Crippen molar-refractivity contribution in [2.45, 2.75) is 58.5 Å². The van der Waals surface area contributed by atoms with Gasteiger partial charge in [-0.2, -0.15) is 0 Å². The maximum absolute atomic E-state index is 12.0. The van der Waals surface area contributed by atoms with Crippen LogP contribution in [0.25, 0.3) is 0 Å². The number of nitrogens with zero attached hydrogens (tertiary/aromatic N) is 1. The van der Waals surface area contributed by atoms with Crippen LogP contribution in [0.5, 0.6) is 0 Å². The molecule has 0 aromatic rings. The molecule has 114 valence electrons. The maximum atomic E-state index is 12.0. The Hall–Kier alpha value is -1.26. The van der Waals surface area contributed by atoms with Gasteiger partial charge in [0, 0.05) is 13.1 Å². The van der Waals surface area contributed by atoms with Crippen LogP contribution in [0.3, 0.4) is 0 Å². The summed E-state index contributed by atoms with van der Waals surface area (Å²) in [7, 11) is 0. The van der Waals surface area contributed by atoms with Gasteiger partial charge in [-0.15, -0.1) is 0 Å². The van der Waals surface area contributed by atoms with Crippen molar-refractivity contribution in [3.63, 3.8) is 0 Å². The lowest BCUT2D eigenvalue weighted by Gasteiger charge is -2.39. The van der Waals surface area contributed by atoms with Crippen molar-refractivity contribution >= 4 is 12.1 Å². The number of carbonyl (C=O) groups is 2. The Morgan fingerprint density at radius 2 is 1.80 bits per heavy atom. The van der Waals surface area contributed by atoms with Crippen molar-refractivity contribution < 1.29 is 19.4 Å². The minimum atomic E-state index is -0.670. The van der Waals surface area contributed by atoms with Gasteiger partial charge in [-0.25, -0.2) is 4.79 Å². The summed E-state index contributed by atoms with van der Waals surface area (Å²) in [4.78, 5) is 24.8. The molecule has 1 heterocycles. The average Bonchev–Trinajstić information content (AvgIpc) is 2.72. The number of carbonyl (C=O) groups excluding carboxylic acids is 1. The minimum absolute atomic E-state index is 0.140. The summed E-state index contributed by atoms with van der Waals surface area (Å²) in [5, 5.41) is 9.11. The van der Waals surface area contributed by atoms with Crippen molar-refractivity contribution in [3.8, 4) is 0 Å². The van der Waals surface area contributed by atoms with Crippen LogP contribution < -0.4 is 0 Å². The second kappa shape index (κ2) is 5.26. The zero-order chi connectivity index (χ0) is 15.0. The van der Waals surface area contributed by atoms with Crippen LogP contribution in [0.2, 0.25) is 0 Å². The van der Waals surface area contributed by atoms with Gasteiger partial charge in [-0.1, -0.05) is 0 Å². The fraction of sp³-hybridized carbons (Fsp3) is 0.867. The van der Waals surface area contributed by atoms with Gasteiger partial charge < -0.3 is 14.7 Å². The zero-order valence-corrected chi connectivity index (χ0v) is 12.6. The molecule has 0 aromatic heterocycles. The number of aliphatic carboxylic acids is 1. The molecule has 1 aliphatic carbocycles. The van der Waals surface area contributed by atoms with Crippen molar-refractivity contribution in [1.29, 1.82) is 0 Å². The Balaban J connectivity index is 1.87. The van der Waals surface area contributed by atoms with Crippen LogP contribution in [0.15, 0.2) is 0 Å². The van der Waals surface area contributed by atoms with Crippen LogP contribution in [0.1, 0.15) is 52.9 Å².